The molecule has 0 radical (unpaired) electrons. The molecule has 25 heavy (non-hydrogen) atoms. The summed E-state index contributed by atoms with van der Waals surface area (Å²) in [6, 6.07) is 5.77. The highest BCUT2D eigenvalue weighted by molar-refractivity contribution is 7.89. The Morgan fingerprint density at radius 2 is 1.80 bits per heavy atom. The van der Waals surface area contributed by atoms with E-state index < -0.39 is 21.5 Å². The zero-order valence-electron chi connectivity index (χ0n) is 15.0. The number of imide groups is 1. The van der Waals surface area contributed by atoms with E-state index in [9.17, 15) is 18.0 Å². The molecule has 0 unspecified atom stereocenters. The molecule has 0 aliphatic carbocycles. The second-order valence-corrected chi connectivity index (χ2v) is 9.09. The van der Waals surface area contributed by atoms with E-state index in [1.54, 1.807) is 26.0 Å². The van der Waals surface area contributed by atoms with E-state index >= 15 is 0 Å². The smallest absolute Gasteiger partial charge is 0.324 e. The summed E-state index contributed by atoms with van der Waals surface area (Å²) in [5, 5.41) is 2.70. The SMILES string of the molecule is CC(C)CNS(=O)(=O)c1ccc(CN2C(=O)NCC(C)(C)C2=O)cc1. The quantitative estimate of drug-likeness (QED) is 0.800. The number of rotatable bonds is 6. The number of amides is 3. The van der Waals surface area contributed by atoms with Gasteiger partial charge in [0.25, 0.3) is 0 Å². The predicted octanol–water partition coefficient (Wildman–Crippen LogP) is 1.70. The van der Waals surface area contributed by atoms with Gasteiger partial charge in [-0.15, -0.1) is 0 Å². The minimum atomic E-state index is -3.56. The molecule has 1 heterocycles. The minimum Gasteiger partial charge on any atom is -0.337 e. The molecule has 0 saturated carbocycles. The van der Waals surface area contributed by atoms with Gasteiger partial charge < -0.3 is 5.32 Å². The second kappa shape index (κ2) is 7.13. The Labute approximate surface area is 148 Å². The third-order valence-electron chi connectivity index (χ3n) is 4.01. The van der Waals surface area contributed by atoms with Crippen LogP contribution in [0, 0.1) is 11.3 Å². The molecule has 1 aromatic rings. The number of urea groups is 1. The van der Waals surface area contributed by atoms with Crippen molar-refractivity contribution in [3.8, 4) is 0 Å². The van der Waals surface area contributed by atoms with Gasteiger partial charge in [-0.1, -0.05) is 26.0 Å². The number of nitrogens with zero attached hydrogens (tertiary/aromatic N) is 1. The fourth-order valence-electron chi connectivity index (χ4n) is 2.39. The van der Waals surface area contributed by atoms with Crippen molar-refractivity contribution in [2.45, 2.75) is 39.1 Å². The number of carbonyl (C=O) groups is 2. The largest absolute Gasteiger partial charge is 0.337 e. The lowest BCUT2D eigenvalue weighted by Crippen LogP contribution is -2.58. The zero-order valence-corrected chi connectivity index (χ0v) is 15.8. The molecule has 1 aliphatic heterocycles. The fraction of sp³-hybridized carbons (Fsp3) is 0.529. The maximum atomic E-state index is 12.4. The number of benzene rings is 1. The van der Waals surface area contributed by atoms with Gasteiger partial charge in [-0.25, -0.2) is 17.9 Å². The average Bonchev–Trinajstić information content (AvgIpc) is 2.54. The molecule has 0 atom stereocenters. The van der Waals surface area contributed by atoms with Crippen molar-refractivity contribution < 1.29 is 18.0 Å². The number of nitrogens with one attached hydrogen (secondary N) is 2. The lowest BCUT2D eigenvalue weighted by Gasteiger charge is -2.36. The lowest BCUT2D eigenvalue weighted by atomic mass is 9.90. The van der Waals surface area contributed by atoms with Crippen LogP contribution in [0.15, 0.2) is 29.2 Å². The van der Waals surface area contributed by atoms with Crippen LogP contribution in [0.3, 0.4) is 0 Å². The summed E-state index contributed by atoms with van der Waals surface area (Å²) in [7, 11) is -3.56. The molecule has 8 heteroatoms. The fourth-order valence-corrected chi connectivity index (χ4v) is 3.60. The summed E-state index contributed by atoms with van der Waals surface area (Å²) < 4.78 is 26.9. The maximum Gasteiger partial charge on any atom is 0.324 e. The van der Waals surface area contributed by atoms with Crippen molar-refractivity contribution in [3.63, 3.8) is 0 Å². The van der Waals surface area contributed by atoms with Crippen molar-refractivity contribution in [1.29, 1.82) is 0 Å². The van der Waals surface area contributed by atoms with Crippen LogP contribution in [-0.2, 0) is 21.4 Å². The molecule has 2 N–H and O–H groups in total. The van der Waals surface area contributed by atoms with Gasteiger partial charge in [-0.2, -0.15) is 0 Å². The first-order valence-electron chi connectivity index (χ1n) is 8.21. The van der Waals surface area contributed by atoms with E-state index in [-0.39, 0.29) is 23.3 Å². The Balaban J connectivity index is 2.12. The first-order chi connectivity index (χ1) is 11.5. The normalized spacial score (nSPS) is 17.7. The molecule has 1 aromatic carbocycles. The Hall–Kier alpha value is -1.93. The molecule has 7 nitrogen and oxygen atoms in total. The molecule has 0 spiro atoms. The zero-order chi connectivity index (χ0) is 18.8. The highest BCUT2D eigenvalue weighted by Gasteiger charge is 2.39. The summed E-state index contributed by atoms with van der Waals surface area (Å²) in [6.45, 7) is 8.17. The number of sulfonamides is 1. The number of carbonyl (C=O) groups excluding carboxylic acids is 2. The Kier molecular flexibility index (Phi) is 5.53. The van der Waals surface area contributed by atoms with Gasteiger partial charge in [-0.3, -0.25) is 9.69 Å². The van der Waals surface area contributed by atoms with Crippen LogP contribution in [0.4, 0.5) is 4.79 Å². The van der Waals surface area contributed by atoms with Crippen molar-refractivity contribution in [2.75, 3.05) is 13.1 Å². The maximum absolute atomic E-state index is 12.4. The second-order valence-electron chi connectivity index (χ2n) is 7.32. The van der Waals surface area contributed by atoms with E-state index in [1.165, 1.54) is 12.1 Å². The highest BCUT2D eigenvalue weighted by Crippen LogP contribution is 2.23. The molecule has 3 amide bonds. The third-order valence-corrected chi connectivity index (χ3v) is 5.45. The standard InChI is InChI=1S/C17H25N3O4S/c1-12(2)9-19-25(23,24)14-7-5-13(6-8-14)10-20-15(21)17(3,4)11-18-16(20)22/h5-8,12,19H,9-11H2,1-4H3,(H,18,22). The van der Waals surface area contributed by atoms with Crippen molar-refractivity contribution in [2.24, 2.45) is 11.3 Å². The van der Waals surface area contributed by atoms with E-state index in [1.807, 2.05) is 13.8 Å². The topological polar surface area (TPSA) is 95.6 Å². The van der Waals surface area contributed by atoms with Crippen LogP contribution in [0.5, 0.6) is 0 Å². The van der Waals surface area contributed by atoms with Crippen LogP contribution >= 0.6 is 0 Å². The Morgan fingerprint density at radius 3 is 2.36 bits per heavy atom. The van der Waals surface area contributed by atoms with Gasteiger partial charge in [0.15, 0.2) is 0 Å². The van der Waals surface area contributed by atoms with Crippen LogP contribution in [0.25, 0.3) is 0 Å². The summed E-state index contributed by atoms with van der Waals surface area (Å²) in [6.07, 6.45) is 0. The van der Waals surface area contributed by atoms with Gasteiger partial charge in [0.1, 0.15) is 0 Å². The summed E-state index contributed by atoms with van der Waals surface area (Å²) in [4.78, 5) is 25.7. The molecule has 1 saturated heterocycles. The van der Waals surface area contributed by atoms with Crippen LogP contribution in [-0.4, -0.2) is 38.3 Å². The average molecular weight is 367 g/mol. The minimum absolute atomic E-state index is 0.105. The van der Waals surface area contributed by atoms with Crippen LogP contribution in [0.2, 0.25) is 0 Å². The molecular formula is C17H25N3O4S. The van der Waals surface area contributed by atoms with Crippen molar-refractivity contribution in [1.82, 2.24) is 14.9 Å². The van der Waals surface area contributed by atoms with Crippen LogP contribution in [0.1, 0.15) is 33.3 Å². The first-order valence-corrected chi connectivity index (χ1v) is 9.69. The number of hydrogen-bond donors (Lipinski definition) is 2. The molecule has 0 bridgehead atoms. The van der Waals surface area contributed by atoms with Crippen molar-refractivity contribution in [3.05, 3.63) is 29.8 Å². The Morgan fingerprint density at radius 1 is 1.20 bits per heavy atom. The lowest BCUT2D eigenvalue weighted by molar-refractivity contribution is -0.139. The molecule has 138 valence electrons. The summed E-state index contributed by atoms with van der Waals surface area (Å²) in [5.41, 5.74) is 0.0295. The molecular weight excluding hydrogens is 342 g/mol. The summed E-state index contributed by atoms with van der Waals surface area (Å²) in [5.74, 6) is -0.0347. The predicted molar refractivity (Wildman–Crippen MR) is 94.2 cm³/mol. The van der Waals surface area contributed by atoms with E-state index in [2.05, 4.69) is 10.0 Å². The highest BCUT2D eigenvalue weighted by atomic mass is 32.2. The van der Waals surface area contributed by atoms with Gasteiger partial charge in [0.2, 0.25) is 15.9 Å². The molecule has 1 aliphatic rings. The van der Waals surface area contributed by atoms with Gasteiger partial charge in [0, 0.05) is 13.1 Å². The Bertz CT molecular complexity index is 755. The molecule has 2 rings (SSSR count). The van der Waals surface area contributed by atoms with E-state index in [0.717, 1.165) is 4.90 Å². The van der Waals surface area contributed by atoms with Gasteiger partial charge in [-0.05, 0) is 37.5 Å². The van der Waals surface area contributed by atoms with E-state index in [4.69, 9.17) is 0 Å². The van der Waals surface area contributed by atoms with Gasteiger partial charge >= 0.3 is 6.03 Å². The summed E-state index contributed by atoms with van der Waals surface area (Å²) >= 11 is 0. The van der Waals surface area contributed by atoms with Crippen molar-refractivity contribution >= 4 is 22.0 Å². The number of hydrogen-bond acceptors (Lipinski definition) is 4. The third kappa shape index (κ3) is 4.58. The van der Waals surface area contributed by atoms with Crippen LogP contribution < -0.4 is 10.0 Å². The first kappa shape index (κ1) is 19.4. The van der Waals surface area contributed by atoms with Gasteiger partial charge in [0.05, 0.1) is 16.9 Å². The molecule has 0 aromatic heterocycles. The monoisotopic (exact) mass is 367 g/mol. The van der Waals surface area contributed by atoms with E-state index in [0.29, 0.717) is 18.7 Å². The molecule has 1 fully saturated rings.